The molecule has 1 aromatic carbocycles. The van der Waals surface area contributed by atoms with Crippen LogP contribution in [0.5, 0.6) is 5.75 Å². The van der Waals surface area contributed by atoms with Crippen molar-refractivity contribution in [3.8, 4) is 5.75 Å². The molecule has 0 saturated carbocycles. The number of carbonyl (C=O) groups is 1. The third-order valence-electron chi connectivity index (χ3n) is 3.46. The number of methoxy groups -OCH3 is 1. The van der Waals surface area contributed by atoms with E-state index in [1.165, 1.54) is 7.11 Å². The average Bonchev–Trinajstić information content (AvgIpc) is 3.00. The second-order valence-electron chi connectivity index (χ2n) is 4.72. The van der Waals surface area contributed by atoms with Crippen LogP contribution in [-0.4, -0.2) is 38.0 Å². The van der Waals surface area contributed by atoms with Crippen molar-refractivity contribution in [3.63, 3.8) is 0 Å². The fourth-order valence-electron chi connectivity index (χ4n) is 2.37. The predicted molar refractivity (Wildman–Crippen MR) is 72.8 cm³/mol. The Kier molecular flexibility index (Phi) is 4.98. The molecule has 1 heterocycles. The molecule has 110 valence electrons. The molecule has 0 aliphatic carbocycles. The van der Waals surface area contributed by atoms with E-state index in [4.69, 9.17) is 14.2 Å². The summed E-state index contributed by atoms with van der Waals surface area (Å²) in [4.78, 5) is 11.7. The van der Waals surface area contributed by atoms with Gasteiger partial charge in [-0.2, -0.15) is 0 Å². The molecule has 5 nitrogen and oxygen atoms in total. The van der Waals surface area contributed by atoms with E-state index in [2.05, 4.69) is 0 Å². The van der Waals surface area contributed by atoms with Crippen molar-refractivity contribution in [1.29, 1.82) is 0 Å². The molecule has 0 spiro atoms. The first kappa shape index (κ1) is 14.8. The number of hydrogen-bond acceptors (Lipinski definition) is 5. The summed E-state index contributed by atoms with van der Waals surface area (Å²) >= 11 is 0. The van der Waals surface area contributed by atoms with E-state index >= 15 is 0 Å². The molecule has 1 saturated heterocycles. The van der Waals surface area contributed by atoms with Gasteiger partial charge in [-0.1, -0.05) is 6.07 Å². The van der Waals surface area contributed by atoms with Crippen LogP contribution in [0.25, 0.3) is 0 Å². The van der Waals surface area contributed by atoms with Crippen LogP contribution < -0.4 is 4.74 Å². The smallest absolute Gasteiger partial charge is 0.339 e. The van der Waals surface area contributed by atoms with E-state index in [1.54, 1.807) is 19.1 Å². The van der Waals surface area contributed by atoms with E-state index in [-0.39, 0.29) is 6.61 Å². The maximum absolute atomic E-state index is 11.7. The Labute approximate surface area is 118 Å². The Balaban J connectivity index is 2.28. The summed E-state index contributed by atoms with van der Waals surface area (Å²) in [6.07, 6.45) is -0.381. The zero-order valence-corrected chi connectivity index (χ0v) is 11.8. The molecular weight excluding hydrogens is 260 g/mol. The highest BCUT2D eigenvalue weighted by molar-refractivity contribution is 5.77. The second kappa shape index (κ2) is 6.72. The molecule has 0 aromatic heterocycles. The van der Waals surface area contributed by atoms with Gasteiger partial charge in [-0.3, -0.25) is 0 Å². The van der Waals surface area contributed by atoms with Crippen LogP contribution in [0.3, 0.4) is 0 Å². The van der Waals surface area contributed by atoms with E-state index in [0.717, 1.165) is 18.6 Å². The normalized spacial score (nSPS) is 19.6. The predicted octanol–water partition coefficient (Wildman–Crippen LogP) is 1.80. The van der Waals surface area contributed by atoms with Crippen molar-refractivity contribution in [2.24, 2.45) is 0 Å². The number of aliphatic hydroxyl groups is 1. The molecule has 1 fully saturated rings. The van der Waals surface area contributed by atoms with Gasteiger partial charge in [-0.15, -0.1) is 0 Å². The Morgan fingerprint density at radius 1 is 1.55 bits per heavy atom. The number of ether oxygens (including phenoxy) is 3. The van der Waals surface area contributed by atoms with Gasteiger partial charge in [-0.05, 0) is 31.0 Å². The third kappa shape index (κ3) is 3.11. The second-order valence-corrected chi connectivity index (χ2v) is 4.72. The summed E-state index contributed by atoms with van der Waals surface area (Å²) in [5.41, 5.74) is 1.48. The molecule has 0 radical (unpaired) electrons. The minimum atomic E-state index is -1.33. The lowest BCUT2D eigenvalue weighted by atomic mass is 9.94. The van der Waals surface area contributed by atoms with Crippen molar-refractivity contribution in [1.82, 2.24) is 0 Å². The van der Waals surface area contributed by atoms with Gasteiger partial charge >= 0.3 is 5.97 Å². The van der Waals surface area contributed by atoms with Crippen LogP contribution in [0.4, 0.5) is 0 Å². The van der Waals surface area contributed by atoms with Crippen LogP contribution in [0.2, 0.25) is 0 Å². The van der Waals surface area contributed by atoms with Crippen LogP contribution in [0, 0.1) is 0 Å². The first-order chi connectivity index (χ1) is 9.67. The first-order valence-electron chi connectivity index (χ1n) is 6.77. The number of esters is 1. The molecule has 5 heteroatoms. The Morgan fingerprint density at radius 3 is 2.95 bits per heavy atom. The zero-order chi connectivity index (χ0) is 14.5. The van der Waals surface area contributed by atoms with E-state index in [9.17, 15) is 9.90 Å². The summed E-state index contributed by atoms with van der Waals surface area (Å²) in [7, 11) is 1.51. The van der Waals surface area contributed by atoms with E-state index in [0.29, 0.717) is 23.8 Å². The van der Waals surface area contributed by atoms with Gasteiger partial charge in [0.15, 0.2) is 6.10 Å². The molecule has 2 atom stereocenters. The highest BCUT2D eigenvalue weighted by Gasteiger charge is 2.25. The maximum atomic E-state index is 11.7. The van der Waals surface area contributed by atoms with Gasteiger partial charge in [-0.25, -0.2) is 4.79 Å². The van der Waals surface area contributed by atoms with Gasteiger partial charge in [0, 0.05) is 18.1 Å². The molecule has 2 unspecified atom stereocenters. The molecular formula is C15H20O5. The summed E-state index contributed by atoms with van der Waals surface area (Å²) in [5, 5.41) is 10.1. The van der Waals surface area contributed by atoms with Crippen molar-refractivity contribution >= 4 is 5.97 Å². The van der Waals surface area contributed by atoms with Crippen molar-refractivity contribution in [2.45, 2.75) is 25.4 Å². The number of aliphatic hydroxyl groups excluding tert-OH is 1. The SMILES string of the molecule is CCOC(=O)C(O)c1cc(C2CCOC2)ccc1OC. The topological polar surface area (TPSA) is 65.0 Å². The summed E-state index contributed by atoms with van der Waals surface area (Å²) in [5.74, 6) is 0.118. The largest absolute Gasteiger partial charge is 0.496 e. The maximum Gasteiger partial charge on any atom is 0.339 e. The van der Waals surface area contributed by atoms with E-state index in [1.807, 2.05) is 6.07 Å². The highest BCUT2D eigenvalue weighted by atomic mass is 16.5. The van der Waals surface area contributed by atoms with Gasteiger partial charge < -0.3 is 19.3 Å². The van der Waals surface area contributed by atoms with Gasteiger partial charge in [0.2, 0.25) is 0 Å². The molecule has 1 N–H and O–H groups in total. The summed E-state index contributed by atoms with van der Waals surface area (Å²) in [6, 6.07) is 5.52. The Morgan fingerprint density at radius 2 is 2.35 bits per heavy atom. The summed E-state index contributed by atoms with van der Waals surface area (Å²) < 4.78 is 15.4. The van der Waals surface area contributed by atoms with Gasteiger partial charge in [0.05, 0.1) is 20.3 Å². The molecule has 2 rings (SSSR count). The minimum absolute atomic E-state index is 0.231. The van der Waals surface area contributed by atoms with Gasteiger partial charge in [0.1, 0.15) is 5.75 Å². The fraction of sp³-hybridized carbons (Fsp3) is 0.533. The lowest BCUT2D eigenvalue weighted by Crippen LogP contribution is -2.16. The number of hydrogen-bond donors (Lipinski definition) is 1. The number of rotatable bonds is 5. The average molecular weight is 280 g/mol. The molecule has 1 aliphatic rings. The number of benzene rings is 1. The molecule has 0 amide bonds. The standard InChI is InChI=1S/C15H20O5/c1-3-20-15(17)14(16)12-8-10(4-5-13(12)18-2)11-6-7-19-9-11/h4-5,8,11,14,16H,3,6-7,9H2,1-2H3. The van der Waals surface area contributed by atoms with Crippen LogP contribution in [0.15, 0.2) is 18.2 Å². The third-order valence-corrected chi connectivity index (χ3v) is 3.46. The van der Waals surface area contributed by atoms with Crippen LogP contribution in [0.1, 0.15) is 36.5 Å². The zero-order valence-electron chi connectivity index (χ0n) is 11.8. The minimum Gasteiger partial charge on any atom is -0.496 e. The summed E-state index contributed by atoms with van der Waals surface area (Å²) in [6.45, 7) is 3.34. The lowest BCUT2D eigenvalue weighted by molar-refractivity contribution is -0.153. The molecule has 1 aromatic rings. The van der Waals surface area contributed by atoms with Gasteiger partial charge in [0.25, 0.3) is 0 Å². The van der Waals surface area contributed by atoms with Crippen LogP contribution in [-0.2, 0) is 14.3 Å². The Hall–Kier alpha value is -1.59. The van der Waals surface area contributed by atoms with Crippen molar-refractivity contribution < 1.29 is 24.1 Å². The van der Waals surface area contributed by atoms with Crippen molar-refractivity contribution in [3.05, 3.63) is 29.3 Å². The fourth-order valence-corrected chi connectivity index (χ4v) is 2.37. The first-order valence-corrected chi connectivity index (χ1v) is 6.77. The van der Waals surface area contributed by atoms with Crippen molar-refractivity contribution in [2.75, 3.05) is 26.9 Å². The molecule has 0 bridgehead atoms. The molecule has 1 aliphatic heterocycles. The quantitative estimate of drug-likeness (QED) is 0.833. The van der Waals surface area contributed by atoms with Crippen LogP contribution >= 0.6 is 0 Å². The highest BCUT2D eigenvalue weighted by Crippen LogP contribution is 2.32. The number of carbonyl (C=O) groups excluding carboxylic acids is 1. The van der Waals surface area contributed by atoms with E-state index < -0.39 is 12.1 Å². The molecule has 20 heavy (non-hydrogen) atoms. The monoisotopic (exact) mass is 280 g/mol. The lowest BCUT2D eigenvalue weighted by Gasteiger charge is -2.17. The Bertz CT molecular complexity index is 465.